The van der Waals surface area contributed by atoms with Gasteiger partial charge in [-0.3, -0.25) is 0 Å². The van der Waals surface area contributed by atoms with Gasteiger partial charge in [-0.05, 0) is 12.0 Å². The molecule has 14 atom stereocenters. The summed E-state index contributed by atoms with van der Waals surface area (Å²) in [5, 5.41) is 113. The van der Waals surface area contributed by atoms with E-state index in [1.54, 1.807) is 0 Å². The molecule has 14 heteroatoms. The standard InChI is InChI=1S/C20H35NO13/c22-3-6-1-8(13(27)15(29)11(6)25)21-9-2-7(4-23)12(26)17(31)19(9)34-20-18(32)16(30)14(28)10(5-24)33-20/h2,6,8-32H,1,3-5H2/t6-,8+,9+,10-,11-,12-,13+,14-,15+,16+,17+,18-,19+,20+/m1/s1. The van der Waals surface area contributed by atoms with Crippen molar-refractivity contribution in [1.82, 2.24) is 5.32 Å². The molecule has 2 fully saturated rings. The number of ether oxygens (including phenoxy) is 2. The van der Waals surface area contributed by atoms with Crippen LogP contribution in [0.1, 0.15) is 6.42 Å². The maximum absolute atomic E-state index is 10.7. The van der Waals surface area contributed by atoms with Crippen molar-refractivity contribution in [3.05, 3.63) is 11.6 Å². The molecule has 3 rings (SSSR count). The van der Waals surface area contributed by atoms with Crippen molar-refractivity contribution in [2.24, 2.45) is 5.92 Å². The molecule has 0 unspecified atom stereocenters. The van der Waals surface area contributed by atoms with E-state index in [-0.39, 0.29) is 12.0 Å². The number of aliphatic hydroxyl groups excluding tert-OH is 11. The van der Waals surface area contributed by atoms with E-state index in [0.717, 1.165) is 0 Å². The fourth-order valence-corrected chi connectivity index (χ4v) is 4.74. The minimum Gasteiger partial charge on any atom is -0.396 e. The molecule has 1 heterocycles. The first-order valence-corrected chi connectivity index (χ1v) is 11.1. The van der Waals surface area contributed by atoms with E-state index in [2.05, 4.69) is 5.32 Å². The number of rotatable bonds is 7. The summed E-state index contributed by atoms with van der Waals surface area (Å²) >= 11 is 0. The van der Waals surface area contributed by atoms with Crippen LogP contribution in [0.5, 0.6) is 0 Å². The molecule has 0 amide bonds. The predicted octanol–water partition coefficient (Wildman–Crippen LogP) is -6.75. The van der Waals surface area contributed by atoms with Crippen LogP contribution in [-0.2, 0) is 9.47 Å². The van der Waals surface area contributed by atoms with E-state index < -0.39 is 105 Å². The summed E-state index contributed by atoms with van der Waals surface area (Å²) < 4.78 is 11.0. The second kappa shape index (κ2) is 11.5. The van der Waals surface area contributed by atoms with Crippen molar-refractivity contribution >= 4 is 0 Å². The monoisotopic (exact) mass is 497 g/mol. The second-order valence-corrected chi connectivity index (χ2v) is 9.08. The molecule has 0 bridgehead atoms. The number of hydrogen-bond donors (Lipinski definition) is 12. The van der Waals surface area contributed by atoms with E-state index in [4.69, 9.17) is 9.47 Å². The third-order valence-corrected chi connectivity index (χ3v) is 6.90. The van der Waals surface area contributed by atoms with Crippen LogP contribution in [0.15, 0.2) is 11.6 Å². The van der Waals surface area contributed by atoms with Crippen LogP contribution in [0.4, 0.5) is 0 Å². The van der Waals surface area contributed by atoms with Gasteiger partial charge in [-0.25, -0.2) is 0 Å². The van der Waals surface area contributed by atoms with Gasteiger partial charge >= 0.3 is 0 Å². The molecule has 0 radical (unpaired) electrons. The maximum Gasteiger partial charge on any atom is 0.187 e. The fraction of sp³-hybridized carbons (Fsp3) is 0.900. The van der Waals surface area contributed by atoms with Crippen LogP contribution < -0.4 is 5.32 Å². The van der Waals surface area contributed by atoms with Crippen LogP contribution in [0.25, 0.3) is 0 Å². The predicted molar refractivity (Wildman–Crippen MR) is 110 cm³/mol. The summed E-state index contributed by atoms with van der Waals surface area (Å²) in [7, 11) is 0. The van der Waals surface area contributed by atoms with Gasteiger partial charge in [0, 0.05) is 18.6 Å². The lowest BCUT2D eigenvalue weighted by Crippen LogP contribution is -2.66. The number of nitrogens with one attached hydrogen (secondary N) is 1. The molecule has 3 aliphatic rings. The largest absolute Gasteiger partial charge is 0.396 e. The van der Waals surface area contributed by atoms with Crippen molar-refractivity contribution < 1.29 is 65.6 Å². The highest BCUT2D eigenvalue weighted by molar-refractivity contribution is 5.22. The van der Waals surface area contributed by atoms with Gasteiger partial charge in [-0.1, -0.05) is 6.08 Å². The summed E-state index contributed by atoms with van der Waals surface area (Å²) in [6.45, 7) is -1.82. The lowest BCUT2D eigenvalue weighted by atomic mass is 9.78. The fourth-order valence-electron chi connectivity index (χ4n) is 4.74. The highest BCUT2D eigenvalue weighted by atomic mass is 16.7. The number of hydrogen-bond acceptors (Lipinski definition) is 14. The molecule has 0 spiro atoms. The van der Waals surface area contributed by atoms with Crippen molar-refractivity contribution in [3.8, 4) is 0 Å². The van der Waals surface area contributed by atoms with E-state index in [1.165, 1.54) is 6.08 Å². The molecule has 1 saturated heterocycles. The SMILES string of the molecule is OCC1=C[C@H](N[C@H]2C[C@H](CO)[C@@H](O)[C@H](O)[C@H]2O)[C@H](O[C@@H]2O[C@H](CO)[C@@H](O)[C@H](O)[C@H]2O)[C@@H](O)[C@@H]1O. The normalized spacial score (nSPS) is 50.1. The average molecular weight is 497 g/mol. The van der Waals surface area contributed by atoms with E-state index in [9.17, 15) is 56.2 Å². The third-order valence-electron chi connectivity index (χ3n) is 6.90. The zero-order valence-corrected chi connectivity index (χ0v) is 18.2. The quantitative estimate of drug-likeness (QED) is 0.146. The molecule has 12 N–H and O–H groups in total. The van der Waals surface area contributed by atoms with Crippen molar-refractivity contribution in [1.29, 1.82) is 0 Å². The molecule has 2 aliphatic carbocycles. The highest BCUT2D eigenvalue weighted by Crippen LogP contribution is 2.31. The first-order valence-electron chi connectivity index (χ1n) is 11.1. The third kappa shape index (κ3) is 5.30. The van der Waals surface area contributed by atoms with Gasteiger partial charge < -0.3 is 71.0 Å². The molecule has 0 aromatic carbocycles. The van der Waals surface area contributed by atoms with Crippen molar-refractivity contribution in [2.75, 3.05) is 19.8 Å². The molecule has 0 aromatic heterocycles. The van der Waals surface area contributed by atoms with E-state index in [1.807, 2.05) is 0 Å². The zero-order valence-electron chi connectivity index (χ0n) is 18.2. The molecule has 14 nitrogen and oxygen atoms in total. The highest BCUT2D eigenvalue weighted by Gasteiger charge is 2.49. The minimum absolute atomic E-state index is 0.0140. The Labute approximate surface area is 194 Å². The molecular weight excluding hydrogens is 462 g/mol. The van der Waals surface area contributed by atoms with Gasteiger partial charge in [0.2, 0.25) is 0 Å². The van der Waals surface area contributed by atoms with Gasteiger partial charge in [0.1, 0.15) is 48.8 Å². The van der Waals surface area contributed by atoms with Gasteiger partial charge in [0.05, 0.1) is 31.5 Å². The van der Waals surface area contributed by atoms with Crippen LogP contribution in [0, 0.1) is 5.92 Å². The Hall–Kier alpha value is -0.820. The van der Waals surface area contributed by atoms with E-state index >= 15 is 0 Å². The summed E-state index contributed by atoms with van der Waals surface area (Å²) in [5.41, 5.74) is 0.0169. The maximum atomic E-state index is 10.7. The Balaban J connectivity index is 1.85. The topological polar surface area (TPSA) is 253 Å². The summed E-state index contributed by atoms with van der Waals surface area (Å²) in [4.78, 5) is 0. The smallest absolute Gasteiger partial charge is 0.187 e. The van der Waals surface area contributed by atoms with E-state index in [0.29, 0.717) is 0 Å². The first-order chi connectivity index (χ1) is 16.0. The van der Waals surface area contributed by atoms with Crippen LogP contribution in [0.3, 0.4) is 0 Å². The van der Waals surface area contributed by atoms with Gasteiger partial charge in [-0.2, -0.15) is 0 Å². The van der Waals surface area contributed by atoms with Gasteiger partial charge in [-0.15, -0.1) is 0 Å². The van der Waals surface area contributed by atoms with Crippen LogP contribution in [0.2, 0.25) is 0 Å². The number of aliphatic hydroxyl groups is 11. The zero-order chi connectivity index (χ0) is 25.3. The molecule has 0 aromatic rings. The van der Waals surface area contributed by atoms with Crippen LogP contribution >= 0.6 is 0 Å². The Morgan fingerprint density at radius 1 is 0.794 bits per heavy atom. The van der Waals surface area contributed by atoms with Crippen LogP contribution in [-0.4, -0.2) is 155 Å². The molecule has 34 heavy (non-hydrogen) atoms. The Kier molecular flexibility index (Phi) is 9.38. The Bertz CT molecular complexity index is 693. The Morgan fingerprint density at radius 3 is 2.03 bits per heavy atom. The summed E-state index contributed by atoms with van der Waals surface area (Å²) in [5.74, 6) is -0.777. The summed E-state index contributed by atoms with van der Waals surface area (Å²) in [6.07, 6.45) is -15.9. The second-order valence-electron chi connectivity index (χ2n) is 9.08. The molecule has 198 valence electrons. The molecule has 1 saturated carbocycles. The summed E-state index contributed by atoms with van der Waals surface area (Å²) in [6, 6.07) is -1.99. The van der Waals surface area contributed by atoms with Gasteiger partial charge in [0.25, 0.3) is 0 Å². The molecule has 1 aliphatic heterocycles. The molecular formula is C20H35NO13. The van der Waals surface area contributed by atoms with Crippen molar-refractivity contribution in [2.45, 2.75) is 85.8 Å². The lowest BCUT2D eigenvalue weighted by Gasteiger charge is -2.46. The Morgan fingerprint density at radius 2 is 1.44 bits per heavy atom. The lowest BCUT2D eigenvalue weighted by molar-refractivity contribution is -0.321. The van der Waals surface area contributed by atoms with Gasteiger partial charge in [0.15, 0.2) is 6.29 Å². The minimum atomic E-state index is -1.79. The van der Waals surface area contributed by atoms with Crippen molar-refractivity contribution in [3.63, 3.8) is 0 Å². The first kappa shape index (κ1) is 27.8. The average Bonchev–Trinajstić information content (AvgIpc) is 2.83.